The molecule has 46 atom stereocenters. The molecule has 0 aromatic heterocycles. The monoisotopic (exact) mass is 1790 g/mol. The van der Waals surface area contributed by atoms with Crippen LogP contribution in [-0.4, -0.2) is 521 Å². The summed E-state index contributed by atoms with van der Waals surface area (Å²) in [6.45, 7) is -7.97. The molecule has 9 aliphatic rings. The molecule has 0 aromatic rings. The summed E-state index contributed by atoms with van der Waals surface area (Å²) in [5.41, 5.74) is 0. The fraction of sp³-hybridized carbons (Fsp3) is 0.910. The highest BCUT2D eigenvalue weighted by Gasteiger charge is 2.62. The first kappa shape index (κ1) is 101. The van der Waals surface area contributed by atoms with Gasteiger partial charge in [-0.15, -0.1) is 0 Å². The average molecular weight is 1790 g/mol. The Morgan fingerprint density at radius 3 is 1.16 bits per heavy atom. The van der Waals surface area contributed by atoms with Crippen molar-refractivity contribution in [2.45, 2.75) is 316 Å². The average Bonchev–Trinajstić information content (AvgIpc) is 0.762. The Kier molecular flexibility index (Phi) is 36.3. The van der Waals surface area contributed by atoms with Crippen molar-refractivity contribution in [3.8, 4) is 0 Å². The van der Waals surface area contributed by atoms with Gasteiger partial charge in [0, 0.05) is 34.1 Å². The first-order chi connectivity index (χ1) is 57.6. The molecule has 9 saturated heterocycles. The number of hydrogen-bond donors (Lipinski definition) is 32. The number of aliphatic hydroxyl groups excluding tert-OH is 26. The van der Waals surface area contributed by atoms with Crippen LogP contribution in [0, 0.1) is 0 Å². The lowest BCUT2D eigenvalue weighted by Crippen LogP contribution is -2.71. The molecule has 704 valence electrons. The van der Waals surface area contributed by atoms with Gasteiger partial charge in [0.15, 0.2) is 50.3 Å². The van der Waals surface area contributed by atoms with Crippen LogP contribution >= 0.6 is 0 Å². The van der Waals surface area contributed by atoms with Crippen LogP contribution in [0.4, 0.5) is 0 Å². The van der Waals surface area contributed by atoms with Gasteiger partial charge in [0.1, 0.15) is 220 Å². The fourth-order valence-corrected chi connectivity index (χ4v) is 15.4. The number of nitrogens with one attached hydrogen (secondary N) is 5. The van der Waals surface area contributed by atoms with Crippen LogP contribution in [0.1, 0.15) is 34.1 Å². The summed E-state index contributed by atoms with van der Waals surface area (Å²) in [7, 11) is 0. The number of hydrogen-bond acceptors (Lipinski definition) is 49. The second-order valence-corrected chi connectivity index (χ2v) is 30.4. The van der Waals surface area contributed by atoms with Crippen molar-refractivity contribution in [2.75, 3.05) is 66.1 Å². The molecule has 9 rings (SSSR count). The van der Waals surface area contributed by atoms with Gasteiger partial charge in [0.05, 0.1) is 71.6 Å². The van der Waals surface area contributed by atoms with Crippen LogP contribution in [0.2, 0.25) is 0 Å². The van der Waals surface area contributed by atoms with Crippen LogP contribution in [0.15, 0.2) is 0 Å². The third-order valence-electron chi connectivity index (χ3n) is 21.8. The van der Waals surface area contributed by atoms with Gasteiger partial charge in [0.2, 0.25) is 29.5 Å². The van der Waals surface area contributed by atoms with Gasteiger partial charge in [-0.3, -0.25) is 24.0 Å². The predicted octanol–water partition coefficient (Wildman–Crippen LogP) is -21.7. The number of ether oxygens (including phenoxy) is 17. The van der Waals surface area contributed by atoms with E-state index in [9.17, 15) is 167 Å². The number of amides is 5. The maximum atomic E-state index is 13.2. The standard InChI is InChI=1S/C67H111N5O50/c1-16(81)68-32-43(95)51(25(10-77)108-58(32)103)116-60-34(70-18(3)83)44(96)53(27(12-79)112-60)118-63-50(102)55(41(93)28(114-63)14-106-64-56(47(99)38(90)23(8-75)110-64)120-59-33(69-17(2)82)42(94)37(89)22(7-74)109-59)119-65-57(48(100)39(91)24(9-76)111-65)121-61-35(71-19(4)84)45(97)52(26(11-78)113-61)117-62-49(101)46(98)40(92)29(115-62)15-107-67(66(104)105)5-20(85)31(72-30(87)13-80)54(122-67)36(88)21(86)6-73/h20-29,31-65,73-80,85-86,88-103H,5-15H2,1-4H3,(H,68,81)(H,69,82)(H,70,83)(H,71,84)(H,72,87)(H,104,105)/t20-,21+,22+,23+,24+,25+,26+,27+,28+,29+,31+,32+,33+,34+,35+,36+,37+,38+,39+,40-,41+,42+,43+,44+,45+,46-,47-,48-,49+,50-,51+,52+,53+,54+,55-,56-,57-,58+,59-,60-,61-,62-,63-,64-,65+,67+/m0/s1. The van der Waals surface area contributed by atoms with E-state index >= 15 is 0 Å². The summed E-state index contributed by atoms with van der Waals surface area (Å²) in [6.07, 6.45) is -88.2. The zero-order chi connectivity index (χ0) is 90.3. The molecule has 122 heavy (non-hydrogen) atoms. The Labute approximate surface area is 689 Å². The van der Waals surface area contributed by atoms with Gasteiger partial charge in [-0.2, -0.15) is 0 Å². The summed E-state index contributed by atoms with van der Waals surface area (Å²) in [4.78, 5) is 76.1. The Hall–Kier alpha value is -4.90. The SMILES string of the molecule is CC(=O)N[C@@H]1[C@@H](O)[C@H](O[C@@H]2O[C@H](CO)[C@@H](O[C@@H]3O[C@H](CO[C@H]4O[C@H](CO)[C@@H](O)[C@H](O)[C@@H]4O[C@@H]4O[C@H](CO)[C@@H](O)[C@H](O)[C@H]4NC(C)=O)[C@@H](O)[C@H](O[C@H]4O[C@H](CO)[C@@H](O)[C@H](O)[C@@H]4O[C@@H]4O[C@H](CO)[C@@H](O[C@@H]5O[C@H](CO[C@]6(C(=O)O)C[C@H](O)[C@@H](NC(=O)CO)[C@H]([C@H](O)[C@H](O)CO)O6)[C@H](O)[C@H](O)[C@H]5O)[C@H](O)[C@H]4NC(C)=O)[C@@H]3O)[C@H](O)[C@H]2NC(C)=O)[C@@H](CO)O[C@H]1O. The molecule has 55 nitrogen and oxygen atoms in total. The van der Waals surface area contributed by atoms with Gasteiger partial charge >= 0.3 is 5.97 Å². The minimum absolute atomic E-state index is 0.800. The largest absolute Gasteiger partial charge is 0.477 e. The zero-order valence-electron chi connectivity index (χ0n) is 65.2. The van der Waals surface area contributed by atoms with Crippen molar-refractivity contribution in [3.63, 3.8) is 0 Å². The molecule has 0 bridgehead atoms. The van der Waals surface area contributed by atoms with Crippen molar-refractivity contribution in [2.24, 2.45) is 0 Å². The minimum atomic E-state index is -3.16. The van der Waals surface area contributed by atoms with Crippen molar-refractivity contribution in [1.29, 1.82) is 0 Å². The number of aliphatic carboxylic acids is 1. The van der Waals surface area contributed by atoms with Gasteiger partial charge in [0.25, 0.3) is 5.79 Å². The normalized spacial score (nSPS) is 46.3. The minimum Gasteiger partial charge on any atom is -0.477 e. The van der Waals surface area contributed by atoms with E-state index in [0.29, 0.717) is 0 Å². The first-order valence-corrected chi connectivity index (χ1v) is 38.4. The van der Waals surface area contributed by atoms with E-state index in [0.717, 1.165) is 27.7 Å². The molecule has 0 aliphatic carbocycles. The molecule has 0 spiro atoms. The summed E-state index contributed by atoms with van der Waals surface area (Å²) in [5, 5.41) is 311. The highest BCUT2D eigenvalue weighted by Crippen LogP contribution is 2.41. The van der Waals surface area contributed by atoms with Crippen molar-refractivity contribution in [3.05, 3.63) is 0 Å². The van der Waals surface area contributed by atoms with Crippen molar-refractivity contribution < 1.29 is 247 Å². The van der Waals surface area contributed by atoms with Crippen LogP contribution < -0.4 is 26.6 Å². The van der Waals surface area contributed by atoms with Gasteiger partial charge in [-0.25, -0.2) is 4.79 Å². The zero-order valence-corrected chi connectivity index (χ0v) is 65.2. The Bertz CT molecular complexity index is 3360. The van der Waals surface area contributed by atoms with E-state index < -0.39 is 390 Å². The molecule has 0 radical (unpaired) electrons. The lowest BCUT2D eigenvalue weighted by atomic mass is 9.88. The number of carbonyl (C=O) groups is 6. The molecule has 5 amide bonds. The summed E-state index contributed by atoms with van der Waals surface area (Å²) < 4.78 is 100. The maximum Gasteiger partial charge on any atom is 0.364 e. The van der Waals surface area contributed by atoms with Gasteiger partial charge in [-0.05, 0) is 0 Å². The molecule has 9 heterocycles. The Morgan fingerprint density at radius 2 is 0.713 bits per heavy atom. The van der Waals surface area contributed by atoms with Crippen molar-refractivity contribution in [1.82, 2.24) is 26.6 Å². The van der Waals surface area contributed by atoms with Crippen LogP contribution in [-0.2, 0) is 109 Å². The first-order valence-electron chi connectivity index (χ1n) is 38.4. The number of carboxylic acid groups (broad SMARTS) is 1. The molecular formula is C67H111N5O50. The molecular weight excluding hydrogens is 1670 g/mol. The summed E-state index contributed by atoms with van der Waals surface area (Å²) in [6, 6.07) is -9.31. The van der Waals surface area contributed by atoms with E-state index in [1.807, 2.05) is 0 Å². The second kappa shape index (κ2) is 43.9. The molecule has 0 unspecified atom stereocenters. The van der Waals surface area contributed by atoms with Crippen molar-refractivity contribution >= 4 is 35.5 Å². The number of aliphatic hydroxyl groups is 26. The highest BCUT2D eigenvalue weighted by molar-refractivity contribution is 5.78. The molecule has 9 aliphatic heterocycles. The Morgan fingerprint density at radius 1 is 0.352 bits per heavy atom. The van der Waals surface area contributed by atoms with Gasteiger partial charge in [-0.1, -0.05) is 0 Å². The Balaban J connectivity index is 1.02. The fourth-order valence-electron chi connectivity index (χ4n) is 15.4. The third-order valence-corrected chi connectivity index (χ3v) is 21.8. The van der Waals surface area contributed by atoms with E-state index in [1.165, 1.54) is 0 Å². The smallest absolute Gasteiger partial charge is 0.364 e. The second-order valence-electron chi connectivity index (χ2n) is 30.4. The van der Waals surface area contributed by atoms with E-state index in [4.69, 9.17) is 80.5 Å². The number of carbonyl (C=O) groups excluding carboxylic acids is 5. The number of carboxylic acids is 1. The summed E-state index contributed by atoms with van der Waals surface area (Å²) >= 11 is 0. The molecule has 0 aromatic carbocycles. The quantitative estimate of drug-likeness (QED) is 0.0284. The molecule has 55 heteroatoms. The van der Waals surface area contributed by atoms with Crippen LogP contribution in [0.5, 0.6) is 0 Å². The highest BCUT2D eigenvalue weighted by atomic mass is 16.8. The van der Waals surface area contributed by atoms with Gasteiger partial charge < -0.3 is 245 Å². The maximum absolute atomic E-state index is 13.2. The van der Waals surface area contributed by atoms with Crippen LogP contribution in [0.25, 0.3) is 0 Å². The predicted molar refractivity (Wildman–Crippen MR) is 374 cm³/mol. The lowest BCUT2D eigenvalue weighted by molar-refractivity contribution is -0.399. The van der Waals surface area contributed by atoms with Crippen LogP contribution in [0.3, 0.4) is 0 Å². The molecule has 0 saturated carbocycles. The molecule has 32 N–H and O–H groups in total. The lowest BCUT2D eigenvalue weighted by Gasteiger charge is -2.51. The topological polar surface area (TPSA) is 866 Å². The van der Waals surface area contributed by atoms with E-state index in [2.05, 4.69) is 26.6 Å². The molecule has 9 fully saturated rings. The van der Waals surface area contributed by atoms with E-state index in [-0.39, 0.29) is 0 Å². The third kappa shape index (κ3) is 22.5. The van der Waals surface area contributed by atoms with E-state index in [1.54, 1.807) is 0 Å². The number of rotatable bonds is 34. The summed E-state index contributed by atoms with van der Waals surface area (Å²) in [5.74, 6) is -10.1.